The summed E-state index contributed by atoms with van der Waals surface area (Å²) in [6, 6.07) is 8.92. The van der Waals surface area contributed by atoms with Crippen molar-refractivity contribution in [3.63, 3.8) is 0 Å². The Morgan fingerprint density at radius 3 is 2.25 bits per heavy atom. The molecule has 0 fully saturated rings. The lowest BCUT2D eigenvalue weighted by Crippen LogP contribution is -2.44. The normalized spacial score (nSPS) is 13.7. The molecule has 4 heteroatoms. The first-order valence-corrected chi connectivity index (χ1v) is 6.88. The van der Waals surface area contributed by atoms with Crippen LogP contribution in [-0.4, -0.2) is 25.0 Å². The average Bonchev–Trinajstić information content (AvgIpc) is 2.45. The molecule has 0 aliphatic rings. The van der Waals surface area contributed by atoms with E-state index in [1.165, 1.54) is 7.11 Å². The molecule has 1 N–H and O–H groups in total. The first-order valence-electron chi connectivity index (χ1n) is 6.88. The highest BCUT2D eigenvalue weighted by Gasteiger charge is 2.25. The van der Waals surface area contributed by atoms with Gasteiger partial charge in [-0.15, -0.1) is 0 Å². The van der Waals surface area contributed by atoms with Crippen LogP contribution in [0.5, 0.6) is 0 Å². The second-order valence-electron chi connectivity index (χ2n) is 5.35. The minimum atomic E-state index is -0.585. The van der Waals surface area contributed by atoms with Gasteiger partial charge in [0.15, 0.2) is 0 Å². The number of benzene rings is 1. The van der Waals surface area contributed by atoms with Crippen molar-refractivity contribution in [3.8, 4) is 0 Å². The molecule has 0 heterocycles. The van der Waals surface area contributed by atoms with Crippen LogP contribution in [0.2, 0.25) is 0 Å². The third kappa shape index (κ3) is 4.68. The maximum Gasteiger partial charge on any atom is 0.328 e. The van der Waals surface area contributed by atoms with Gasteiger partial charge in [-0.05, 0) is 24.8 Å². The number of amides is 1. The van der Waals surface area contributed by atoms with E-state index in [9.17, 15) is 9.59 Å². The summed E-state index contributed by atoms with van der Waals surface area (Å²) in [4.78, 5) is 23.9. The Kier molecular flexibility index (Phi) is 6.22. The van der Waals surface area contributed by atoms with Crippen molar-refractivity contribution in [1.29, 1.82) is 0 Å². The molecule has 1 rings (SSSR count). The smallest absolute Gasteiger partial charge is 0.328 e. The summed E-state index contributed by atoms with van der Waals surface area (Å²) in [5.41, 5.74) is 0.929. The zero-order valence-electron chi connectivity index (χ0n) is 12.6. The van der Waals surface area contributed by atoms with E-state index < -0.39 is 12.0 Å². The minimum absolute atomic E-state index is 0.160. The number of carbonyl (C=O) groups is 2. The lowest BCUT2D eigenvalue weighted by Gasteiger charge is -2.20. The van der Waals surface area contributed by atoms with Crippen molar-refractivity contribution in [2.45, 2.75) is 39.2 Å². The van der Waals surface area contributed by atoms with E-state index in [0.717, 1.165) is 5.56 Å². The average molecular weight is 277 g/mol. The minimum Gasteiger partial charge on any atom is -0.467 e. The molecule has 20 heavy (non-hydrogen) atoms. The molecule has 0 bridgehead atoms. The number of hydrogen-bond acceptors (Lipinski definition) is 3. The fourth-order valence-corrected chi connectivity index (χ4v) is 2.02. The molecule has 0 aliphatic heterocycles. The van der Waals surface area contributed by atoms with Gasteiger partial charge in [0.25, 0.3) is 0 Å². The summed E-state index contributed by atoms with van der Waals surface area (Å²) in [5.74, 6) is -0.554. The van der Waals surface area contributed by atoms with Crippen molar-refractivity contribution in [3.05, 3.63) is 35.9 Å². The monoisotopic (exact) mass is 277 g/mol. The van der Waals surface area contributed by atoms with E-state index in [1.54, 1.807) is 0 Å². The summed E-state index contributed by atoms with van der Waals surface area (Å²) < 4.78 is 4.75. The summed E-state index contributed by atoms with van der Waals surface area (Å²) in [6.45, 7) is 5.83. The molecule has 2 atom stereocenters. The topological polar surface area (TPSA) is 55.4 Å². The third-order valence-electron chi connectivity index (χ3n) is 3.20. The molecular weight excluding hydrogens is 254 g/mol. The van der Waals surface area contributed by atoms with Crippen LogP contribution >= 0.6 is 0 Å². The Morgan fingerprint density at radius 2 is 1.75 bits per heavy atom. The largest absolute Gasteiger partial charge is 0.467 e. The van der Waals surface area contributed by atoms with Gasteiger partial charge in [0, 0.05) is 0 Å². The number of ether oxygens (including phenoxy) is 1. The molecule has 0 saturated heterocycles. The summed E-state index contributed by atoms with van der Waals surface area (Å²) in [5, 5.41) is 2.78. The van der Waals surface area contributed by atoms with Gasteiger partial charge in [-0.2, -0.15) is 0 Å². The van der Waals surface area contributed by atoms with E-state index >= 15 is 0 Å². The van der Waals surface area contributed by atoms with E-state index in [4.69, 9.17) is 4.74 Å². The second-order valence-corrected chi connectivity index (χ2v) is 5.35. The van der Waals surface area contributed by atoms with Crippen molar-refractivity contribution < 1.29 is 14.3 Å². The van der Waals surface area contributed by atoms with Crippen LogP contribution in [0.3, 0.4) is 0 Å². The van der Waals surface area contributed by atoms with Gasteiger partial charge in [-0.1, -0.05) is 44.2 Å². The number of nitrogens with one attached hydrogen (secondary N) is 1. The highest BCUT2D eigenvalue weighted by Crippen LogP contribution is 2.16. The fraction of sp³-hybridized carbons (Fsp3) is 0.500. The van der Waals surface area contributed by atoms with Gasteiger partial charge in [0.1, 0.15) is 6.04 Å². The van der Waals surface area contributed by atoms with E-state index in [1.807, 2.05) is 51.1 Å². The number of methoxy groups -OCH3 is 1. The zero-order valence-corrected chi connectivity index (χ0v) is 12.6. The molecule has 4 nitrogen and oxygen atoms in total. The van der Waals surface area contributed by atoms with Crippen LogP contribution in [0.25, 0.3) is 0 Å². The maximum atomic E-state index is 12.2. The molecule has 0 saturated carbocycles. The van der Waals surface area contributed by atoms with Gasteiger partial charge < -0.3 is 10.1 Å². The number of hydrogen-bond donors (Lipinski definition) is 1. The first-order chi connectivity index (χ1) is 9.45. The maximum absolute atomic E-state index is 12.2. The summed E-state index contributed by atoms with van der Waals surface area (Å²) >= 11 is 0. The third-order valence-corrected chi connectivity index (χ3v) is 3.20. The molecule has 110 valence electrons. The SMILES string of the molecule is COC(=O)C(CC(C)C)NC(=O)C(C)c1ccccc1. The van der Waals surface area contributed by atoms with Crippen LogP contribution in [0, 0.1) is 5.92 Å². The Morgan fingerprint density at radius 1 is 1.15 bits per heavy atom. The van der Waals surface area contributed by atoms with Crippen LogP contribution in [0.1, 0.15) is 38.7 Å². The molecule has 1 amide bonds. The molecule has 1 aromatic rings. The molecule has 0 spiro atoms. The molecule has 2 unspecified atom stereocenters. The highest BCUT2D eigenvalue weighted by atomic mass is 16.5. The van der Waals surface area contributed by atoms with Gasteiger partial charge in [0.2, 0.25) is 5.91 Å². The number of esters is 1. The molecule has 0 radical (unpaired) electrons. The zero-order chi connectivity index (χ0) is 15.1. The highest BCUT2D eigenvalue weighted by molar-refractivity contribution is 5.88. The van der Waals surface area contributed by atoms with Crippen LogP contribution in [0.4, 0.5) is 0 Å². The predicted octanol–water partition coefficient (Wildman–Crippen LogP) is 2.49. The number of carbonyl (C=O) groups excluding carboxylic acids is 2. The second kappa shape index (κ2) is 7.68. The van der Waals surface area contributed by atoms with Crippen LogP contribution in [0.15, 0.2) is 30.3 Å². The molecule has 1 aromatic carbocycles. The van der Waals surface area contributed by atoms with Crippen LogP contribution in [-0.2, 0) is 14.3 Å². The Labute approximate surface area is 120 Å². The lowest BCUT2D eigenvalue weighted by molar-refractivity contribution is -0.145. The van der Waals surface area contributed by atoms with Gasteiger partial charge >= 0.3 is 5.97 Å². The quantitative estimate of drug-likeness (QED) is 0.813. The van der Waals surface area contributed by atoms with Gasteiger partial charge in [0.05, 0.1) is 13.0 Å². The Hall–Kier alpha value is -1.84. The first kappa shape index (κ1) is 16.2. The summed E-state index contributed by atoms with van der Waals surface area (Å²) in [6.07, 6.45) is 0.569. The van der Waals surface area contributed by atoms with E-state index in [-0.39, 0.29) is 11.8 Å². The van der Waals surface area contributed by atoms with Gasteiger partial charge in [-0.3, -0.25) is 4.79 Å². The van der Waals surface area contributed by atoms with Crippen molar-refractivity contribution in [1.82, 2.24) is 5.32 Å². The van der Waals surface area contributed by atoms with Crippen molar-refractivity contribution in [2.24, 2.45) is 5.92 Å². The Balaban J connectivity index is 2.72. The van der Waals surface area contributed by atoms with E-state index in [0.29, 0.717) is 12.3 Å². The predicted molar refractivity (Wildman–Crippen MR) is 78.3 cm³/mol. The lowest BCUT2D eigenvalue weighted by atomic mass is 9.98. The van der Waals surface area contributed by atoms with Crippen molar-refractivity contribution in [2.75, 3.05) is 7.11 Å². The molecular formula is C16H23NO3. The standard InChI is InChI=1S/C16H23NO3/c1-11(2)10-14(16(19)20-4)17-15(18)12(3)13-8-6-5-7-9-13/h5-9,11-12,14H,10H2,1-4H3,(H,17,18). The van der Waals surface area contributed by atoms with Crippen molar-refractivity contribution >= 4 is 11.9 Å². The van der Waals surface area contributed by atoms with Crippen LogP contribution < -0.4 is 5.32 Å². The molecule has 0 aliphatic carbocycles. The fourth-order valence-electron chi connectivity index (χ4n) is 2.02. The number of rotatable bonds is 6. The summed E-state index contributed by atoms with van der Waals surface area (Å²) in [7, 11) is 1.34. The molecule has 0 aromatic heterocycles. The van der Waals surface area contributed by atoms with E-state index in [2.05, 4.69) is 5.32 Å². The Bertz CT molecular complexity index is 442. The van der Waals surface area contributed by atoms with Gasteiger partial charge in [-0.25, -0.2) is 4.79 Å².